The molecule has 1 amide bonds. The summed E-state index contributed by atoms with van der Waals surface area (Å²) in [6.07, 6.45) is -2.22. The molecule has 3 rings (SSSR count). The van der Waals surface area contributed by atoms with Crippen LogP contribution in [0.2, 0.25) is 0 Å². The van der Waals surface area contributed by atoms with E-state index in [0.29, 0.717) is 12.3 Å². The van der Waals surface area contributed by atoms with E-state index in [0.717, 1.165) is 40.1 Å². The van der Waals surface area contributed by atoms with Crippen molar-refractivity contribution in [1.82, 2.24) is 4.90 Å². The van der Waals surface area contributed by atoms with E-state index < -0.39 is 12.1 Å². The van der Waals surface area contributed by atoms with Gasteiger partial charge in [0.2, 0.25) is 0 Å². The first-order valence-electron chi connectivity index (χ1n) is 6.63. The zero-order valence-corrected chi connectivity index (χ0v) is 10.8. The maximum Gasteiger partial charge on any atom is 0.471 e. The van der Waals surface area contributed by atoms with Gasteiger partial charge >= 0.3 is 12.1 Å². The van der Waals surface area contributed by atoms with Gasteiger partial charge in [-0.3, -0.25) is 4.79 Å². The molecule has 1 heterocycles. The molecule has 2 aliphatic rings. The van der Waals surface area contributed by atoms with Crippen molar-refractivity contribution in [3.63, 3.8) is 0 Å². The quantitative estimate of drug-likeness (QED) is 0.806. The number of nitrogens with zero attached hydrogens (tertiary/aromatic N) is 1. The molecule has 20 heavy (non-hydrogen) atoms. The van der Waals surface area contributed by atoms with Crippen molar-refractivity contribution in [1.29, 1.82) is 0 Å². The summed E-state index contributed by atoms with van der Waals surface area (Å²) in [7, 11) is 0. The first-order valence-corrected chi connectivity index (χ1v) is 6.63. The van der Waals surface area contributed by atoms with Crippen LogP contribution in [0, 0.1) is 0 Å². The summed E-state index contributed by atoms with van der Waals surface area (Å²) in [5.74, 6) is -1.32. The smallest absolute Gasteiger partial charge is 0.398 e. The monoisotopic (exact) mass is 284 g/mol. The van der Waals surface area contributed by atoms with Crippen LogP contribution < -0.4 is 5.73 Å². The lowest BCUT2D eigenvalue weighted by molar-refractivity contribution is -0.186. The normalized spacial score (nSPS) is 18.9. The fourth-order valence-corrected chi connectivity index (χ4v) is 2.75. The zero-order valence-electron chi connectivity index (χ0n) is 10.8. The molecule has 0 aromatic heterocycles. The van der Waals surface area contributed by atoms with Crippen molar-refractivity contribution in [2.75, 3.05) is 12.3 Å². The fraction of sp³-hybridized carbons (Fsp3) is 0.500. The van der Waals surface area contributed by atoms with E-state index in [1.165, 1.54) is 0 Å². The fourth-order valence-electron chi connectivity index (χ4n) is 2.75. The molecule has 0 atom stereocenters. The number of carbonyl (C=O) groups is 1. The van der Waals surface area contributed by atoms with Gasteiger partial charge in [-0.2, -0.15) is 13.2 Å². The van der Waals surface area contributed by atoms with Crippen LogP contribution in [0.1, 0.15) is 35.4 Å². The molecule has 3 nitrogen and oxygen atoms in total. The molecule has 0 bridgehead atoms. The number of alkyl halides is 3. The number of nitrogen functional groups attached to an aromatic ring is 1. The molecule has 1 fully saturated rings. The van der Waals surface area contributed by atoms with Gasteiger partial charge < -0.3 is 10.6 Å². The third-order valence-electron chi connectivity index (χ3n) is 3.96. The van der Waals surface area contributed by atoms with E-state index in [1.54, 1.807) is 0 Å². The Kier molecular flexibility index (Phi) is 2.92. The van der Waals surface area contributed by atoms with Crippen LogP contribution in [0.3, 0.4) is 0 Å². The summed E-state index contributed by atoms with van der Waals surface area (Å²) in [5.41, 5.74) is 9.48. The van der Waals surface area contributed by atoms with Gasteiger partial charge in [0, 0.05) is 18.8 Å². The van der Waals surface area contributed by atoms with Crippen molar-refractivity contribution in [3.8, 4) is 0 Å². The van der Waals surface area contributed by atoms with Crippen molar-refractivity contribution < 1.29 is 18.0 Å². The van der Waals surface area contributed by atoms with Crippen LogP contribution >= 0.6 is 0 Å². The Morgan fingerprint density at radius 1 is 1.25 bits per heavy atom. The van der Waals surface area contributed by atoms with E-state index in [2.05, 4.69) is 0 Å². The number of benzene rings is 1. The van der Waals surface area contributed by atoms with E-state index in [4.69, 9.17) is 5.73 Å². The maximum atomic E-state index is 12.5. The summed E-state index contributed by atoms with van der Waals surface area (Å²) in [5, 5.41) is 0. The molecular formula is C14H15F3N2O. The lowest BCUT2D eigenvalue weighted by Gasteiger charge is -2.30. The Bertz CT molecular complexity index is 564. The van der Waals surface area contributed by atoms with Gasteiger partial charge in [0.15, 0.2) is 0 Å². The van der Waals surface area contributed by atoms with Gasteiger partial charge in [-0.15, -0.1) is 0 Å². The van der Waals surface area contributed by atoms with Gasteiger partial charge in [-0.1, -0.05) is 6.07 Å². The Morgan fingerprint density at radius 2 is 1.95 bits per heavy atom. The van der Waals surface area contributed by atoms with Crippen molar-refractivity contribution in [2.45, 2.75) is 37.9 Å². The number of halogens is 3. The molecule has 1 aliphatic heterocycles. The number of anilines is 1. The molecule has 0 unspecified atom stereocenters. The number of hydrogen-bond donors (Lipinski definition) is 1. The highest BCUT2D eigenvalue weighted by Gasteiger charge is 2.43. The number of amides is 1. The second-order valence-electron chi connectivity index (χ2n) is 5.50. The molecular weight excluding hydrogens is 269 g/mol. The van der Waals surface area contributed by atoms with Crippen molar-refractivity contribution in [3.05, 3.63) is 28.8 Å². The summed E-state index contributed by atoms with van der Waals surface area (Å²) in [6, 6.07) is 3.75. The molecule has 2 N–H and O–H groups in total. The van der Waals surface area contributed by atoms with Gasteiger partial charge in [0.1, 0.15) is 0 Å². The number of rotatable bonds is 1. The molecule has 108 valence electrons. The van der Waals surface area contributed by atoms with Crippen LogP contribution in [0.15, 0.2) is 12.1 Å². The summed E-state index contributed by atoms with van der Waals surface area (Å²) in [6.45, 7) is 0.112. The molecule has 0 radical (unpaired) electrons. The molecule has 0 saturated heterocycles. The SMILES string of the molecule is Nc1cc2c(cc1C1CC1)CN(C(=O)C(F)(F)F)CC2. The van der Waals surface area contributed by atoms with Crippen LogP contribution in [0.5, 0.6) is 0 Å². The summed E-state index contributed by atoms with van der Waals surface area (Å²) >= 11 is 0. The van der Waals surface area contributed by atoms with Crippen LogP contribution in [0.25, 0.3) is 0 Å². The number of carbonyl (C=O) groups excluding carboxylic acids is 1. The Hall–Kier alpha value is -1.72. The predicted molar refractivity (Wildman–Crippen MR) is 68.0 cm³/mol. The zero-order chi connectivity index (χ0) is 14.5. The minimum absolute atomic E-state index is 0.0215. The lowest BCUT2D eigenvalue weighted by atomic mass is 9.94. The number of fused-ring (bicyclic) bond motifs is 1. The second kappa shape index (κ2) is 4.40. The molecule has 1 aromatic carbocycles. The largest absolute Gasteiger partial charge is 0.471 e. The molecule has 1 aromatic rings. The molecule has 0 spiro atoms. The van der Waals surface area contributed by atoms with E-state index in [-0.39, 0.29) is 13.1 Å². The van der Waals surface area contributed by atoms with E-state index >= 15 is 0 Å². The highest BCUT2D eigenvalue weighted by Crippen LogP contribution is 2.44. The Labute approximate surface area is 114 Å². The molecule has 1 saturated carbocycles. The Balaban J connectivity index is 1.87. The van der Waals surface area contributed by atoms with Crippen LogP contribution in [-0.4, -0.2) is 23.5 Å². The standard InChI is InChI=1S/C14H15F3N2O/c15-14(16,17)13(20)19-4-3-9-6-12(18)11(8-1-2-8)5-10(9)7-19/h5-6,8H,1-4,7,18H2. The number of nitrogens with two attached hydrogens (primary N) is 1. The second-order valence-corrected chi connectivity index (χ2v) is 5.50. The highest BCUT2D eigenvalue weighted by atomic mass is 19.4. The molecule has 6 heteroatoms. The highest BCUT2D eigenvalue weighted by molar-refractivity contribution is 5.82. The van der Waals surface area contributed by atoms with Crippen LogP contribution in [0.4, 0.5) is 18.9 Å². The lowest BCUT2D eigenvalue weighted by Crippen LogP contribution is -2.43. The first kappa shape index (κ1) is 13.3. The minimum atomic E-state index is -4.80. The maximum absolute atomic E-state index is 12.5. The van der Waals surface area contributed by atoms with Gasteiger partial charge in [0.05, 0.1) is 0 Å². The van der Waals surface area contributed by atoms with E-state index in [1.807, 2.05) is 12.1 Å². The average molecular weight is 284 g/mol. The van der Waals surface area contributed by atoms with Crippen LogP contribution in [-0.2, 0) is 17.8 Å². The average Bonchev–Trinajstić information content (AvgIpc) is 3.19. The number of hydrogen-bond acceptors (Lipinski definition) is 2. The third-order valence-corrected chi connectivity index (χ3v) is 3.96. The minimum Gasteiger partial charge on any atom is -0.398 e. The third kappa shape index (κ3) is 2.34. The Morgan fingerprint density at radius 3 is 2.55 bits per heavy atom. The van der Waals surface area contributed by atoms with E-state index in [9.17, 15) is 18.0 Å². The topological polar surface area (TPSA) is 46.3 Å². The van der Waals surface area contributed by atoms with Gasteiger partial charge in [-0.25, -0.2) is 0 Å². The molecule has 1 aliphatic carbocycles. The first-order chi connectivity index (χ1) is 9.36. The van der Waals surface area contributed by atoms with Crippen molar-refractivity contribution >= 4 is 11.6 Å². The van der Waals surface area contributed by atoms with Crippen molar-refractivity contribution in [2.24, 2.45) is 0 Å². The predicted octanol–water partition coefficient (Wildman–Crippen LogP) is 2.59. The van der Waals surface area contributed by atoms with Gasteiger partial charge in [-0.05, 0) is 47.9 Å². The summed E-state index contributed by atoms with van der Waals surface area (Å²) < 4.78 is 37.4. The van der Waals surface area contributed by atoms with Gasteiger partial charge in [0.25, 0.3) is 0 Å². The summed E-state index contributed by atoms with van der Waals surface area (Å²) in [4.78, 5) is 12.2.